The summed E-state index contributed by atoms with van der Waals surface area (Å²) in [5.41, 5.74) is 2.77. The molecule has 6 heteroatoms. The molecule has 0 spiro atoms. The van der Waals surface area contributed by atoms with Crippen molar-refractivity contribution in [2.24, 2.45) is 0 Å². The van der Waals surface area contributed by atoms with Gasteiger partial charge >= 0.3 is 0 Å². The van der Waals surface area contributed by atoms with Gasteiger partial charge in [0.15, 0.2) is 0 Å². The molecule has 1 amide bonds. The maximum atomic E-state index is 12.7. The van der Waals surface area contributed by atoms with Gasteiger partial charge in [-0.3, -0.25) is 4.79 Å². The molecule has 0 aliphatic heterocycles. The molecule has 0 aliphatic rings. The first-order valence-electron chi connectivity index (χ1n) is 10.2. The number of carbonyl (C=O) groups excluding carboxylic acids is 1. The Morgan fingerprint density at radius 3 is 2.30 bits per heavy atom. The lowest BCUT2D eigenvalue weighted by Gasteiger charge is -2.18. The molecule has 6 nitrogen and oxygen atoms in total. The average molecular weight is 408 g/mol. The van der Waals surface area contributed by atoms with E-state index in [2.05, 4.69) is 50.0 Å². The summed E-state index contributed by atoms with van der Waals surface area (Å²) in [5, 5.41) is 8.23. The van der Waals surface area contributed by atoms with E-state index in [-0.39, 0.29) is 17.9 Å². The second-order valence-corrected chi connectivity index (χ2v) is 8.36. The highest BCUT2D eigenvalue weighted by molar-refractivity contribution is 5.94. The molecule has 1 heterocycles. The van der Waals surface area contributed by atoms with Gasteiger partial charge in [-0.05, 0) is 53.8 Å². The molecule has 0 saturated carbocycles. The van der Waals surface area contributed by atoms with Gasteiger partial charge < -0.3 is 14.1 Å². The van der Waals surface area contributed by atoms with Crippen molar-refractivity contribution in [3.05, 3.63) is 65.5 Å². The highest BCUT2D eigenvalue weighted by atomic mass is 16.5. The molecule has 0 N–H and O–H groups in total. The molecule has 0 aliphatic carbocycles. The second kappa shape index (κ2) is 9.11. The third kappa shape index (κ3) is 5.26. The molecule has 0 saturated heterocycles. The monoisotopic (exact) mass is 407 g/mol. The van der Waals surface area contributed by atoms with Crippen molar-refractivity contribution in [2.45, 2.75) is 46.1 Å². The van der Waals surface area contributed by atoms with E-state index in [1.807, 2.05) is 24.3 Å². The van der Waals surface area contributed by atoms with Crippen LogP contribution < -0.4 is 4.74 Å². The number of benzene rings is 2. The van der Waals surface area contributed by atoms with E-state index in [1.54, 1.807) is 24.1 Å². The van der Waals surface area contributed by atoms with Crippen LogP contribution in [-0.4, -0.2) is 34.7 Å². The van der Waals surface area contributed by atoms with Gasteiger partial charge in [0.1, 0.15) is 5.75 Å². The van der Waals surface area contributed by atoms with Crippen LogP contribution in [0, 0.1) is 0 Å². The molecule has 1 aromatic heterocycles. The number of nitrogens with zero attached hydrogens (tertiary/aromatic N) is 3. The first-order chi connectivity index (χ1) is 14.3. The Morgan fingerprint density at radius 2 is 1.70 bits per heavy atom. The number of aromatic nitrogens is 2. The molecule has 0 radical (unpaired) electrons. The van der Waals surface area contributed by atoms with Crippen LogP contribution in [0.2, 0.25) is 0 Å². The lowest BCUT2D eigenvalue weighted by molar-refractivity contribution is 0.0773. The Labute approximate surface area is 177 Å². The molecule has 3 aromatic rings. The first-order valence-corrected chi connectivity index (χ1v) is 10.2. The van der Waals surface area contributed by atoms with E-state index >= 15 is 0 Å². The van der Waals surface area contributed by atoms with Crippen molar-refractivity contribution in [3.63, 3.8) is 0 Å². The van der Waals surface area contributed by atoms with Crippen LogP contribution in [0.5, 0.6) is 5.75 Å². The lowest BCUT2D eigenvalue weighted by atomic mass is 9.87. The molecular formula is C24H29N3O3. The normalized spacial score (nSPS) is 11.4. The summed E-state index contributed by atoms with van der Waals surface area (Å²) < 4.78 is 11.3. The topological polar surface area (TPSA) is 68.5 Å². The predicted octanol–water partition coefficient (Wildman–Crippen LogP) is 5.10. The fourth-order valence-corrected chi connectivity index (χ4v) is 2.96. The van der Waals surface area contributed by atoms with Crippen LogP contribution in [0.25, 0.3) is 11.5 Å². The largest absolute Gasteiger partial charge is 0.494 e. The van der Waals surface area contributed by atoms with Crippen LogP contribution in [0.15, 0.2) is 52.9 Å². The number of rotatable bonds is 7. The van der Waals surface area contributed by atoms with Gasteiger partial charge in [0, 0.05) is 18.2 Å². The quantitative estimate of drug-likeness (QED) is 0.545. The number of ether oxygens (including phenoxy) is 1. The van der Waals surface area contributed by atoms with Crippen LogP contribution in [0.4, 0.5) is 0 Å². The summed E-state index contributed by atoms with van der Waals surface area (Å²) in [7, 11) is 1.71. The summed E-state index contributed by atoms with van der Waals surface area (Å²) in [6.45, 7) is 9.46. The van der Waals surface area contributed by atoms with Crippen molar-refractivity contribution in [1.29, 1.82) is 0 Å². The van der Waals surface area contributed by atoms with Gasteiger partial charge in [-0.15, -0.1) is 10.2 Å². The zero-order valence-corrected chi connectivity index (χ0v) is 18.3. The smallest absolute Gasteiger partial charge is 0.254 e. The summed E-state index contributed by atoms with van der Waals surface area (Å²) in [5.74, 6) is 1.48. The number of carbonyl (C=O) groups is 1. The molecule has 3 rings (SSSR count). The number of amides is 1. The van der Waals surface area contributed by atoms with E-state index in [9.17, 15) is 4.79 Å². The summed E-state index contributed by atoms with van der Waals surface area (Å²) >= 11 is 0. The van der Waals surface area contributed by atoms with E-state index in [0.29, 0.717) is 24.0 Å². The Bertz CT molecular complexity index is 970. The molecule has 0 fully saturated rings. The maximum absolute atomic E-state index is 12.7. The van der Waals surface area contributed by atoms with Gasteiger partial charge in [-0.1, -0.05) is 39.8 Å². The van der Waals surface area contributed by atoms with Gasteiger partial charge in [0.05, 0.1) is 13.2 Å². The van der Waals surface area contributed by atoms with Crippen molar-refractivity contribution in [2.75, 3.05) is 13.7 Å². The van der Waals surface area contributed by atoms with Crippen LogP contribution in [0.3, 0.4) is 0 Å². The van der Waals surface area contributed by atoms with E-state index in [0.717, 1.165) is 17.7 Å². The first kappa shape index (κ1) is 21.6. The standard InChI is InChI=1S/C24H29N3O3/c1-6-15-29-20-13-9-18(10-14-20)23(28)27(5)16-21-25-26-22(30-21)17-7-11-19(12-8-17)24(2,3)4/h7-14H,6,15-16H2,1-5H3. The predicted molar refractivity (Wildman–Crippen MR) is 116 cm³/mol. The molecule has 158 valence electrons. The Balaban J connectivity index is 1.64. The Morgan fingerprint density at radius 1 is 1.03 bits per heavy atom. The molecule has 0 unspecified atom stereocenters. The lowest BCUT2D eigenvalue weighted by Crippen LogP contribution is -2.26. The van der Waals surface area contributed by atoms with Crippen LogP contribution in [-0.2, 0) is 12.0 Å². The fourth-order valence-electron chi connectivity index (χ4n) is 2.96. The molecule has 0 bridgehead atoms. The van der Waals surface area contributed by atoms with Crippen molar-refractivity contribution >= 4 is 5.91 Å². The SMILES string of the molecule is CCCOc1ccc(C(=O)N(C)Cc2nnc(-c3ccc(C(C)(C)C)cc3)o2)cc1. The zero-order valence-electron chi connectivity index (χ0n) is 18.3. The zero-order chi connectivity index (χ0) is 21.7. The minimum Gasteiger partial charge on any atom is -0.494 e. The van der Waals surface area contributed by atoms with Gasteiger partial charge in [-0.25, -0.2) is 0 Å². The highest BCUT2D eigenvalue weighted by Gasteiger charge is 2.17. The fraction of sp³-hybridized carbons (Fsp3) is 0.375. The highest BCUT2D eigenvalue weighted by Crippen LogP contribution is 2.25. The average Bonchev–Trinajstić information content (AvgIpc) is 3.20. The van der Waals surface area contributed by atoms with Crippen LogP contribution in [0.1, 0.15) is 55.9 Å². The van der Waals surface area contributed by atoms with Gasteiger partial charge in [0.25, 0.3) is 5.91 Å². The maximum Gasteiger partial charge on any atom is 0.254 e. The van der Waals surface area contributed by atoms with Crippen LogP contribution >= 0.6 is 0 Å². The summed E-state index contributed by atoms with van der Waals surface area (Å²) in [6.07, 6.45) is 0.941. The van der Waals surface area contributed by atoms with Gasteiger partial charge in [0.2, 0.25) is 11.8 Å². The third-order valence-electron chi connectivity index (χ3n) is 4.76. The Hall–Kier alpha value is -3.15. The summed E-state index contributed by atoms with van der Waals surface area (Å²) in [4.78, 5) is 14.2. The van der Waals surface area contributed by atoms with E-state index in [4.69, 9.17) is 9.15 Å². The van der Waals surface area contributed by atoms with Crippen molar-refractivity contribution in [3.8, 4) is 17.2 Å². The summed E-state index contributed by atoms with van der Waals surface area (Å²) in [6, 6.07) is 15.3. The second-order valence-electron chi connectivity index (χ2n) is 8.36. The number of hydrogen-bond acceptors (Lipinski definition) is 5. The molecule has 30 heavy (non-hydrogen) atoms. The van der Waals surface area contributed by atoms with Crippen molar-refractivity contribution < 1.29 is 13.9 Å². The van der Waals surface area contributed by atoms with E-state index in [1.165, 1.54) is 5.56 Å². The minimum absolute atomic E-state index is 0.0853. The number of hydrogen-bond donors (Lipinski definition) is 0. The minimum atomic E-state index is -0.119. The molecular weight excluding hydrogens is 378 g/mol. The third-order valence-corrected chi connectivity index (χ3v) is 4.76. The Kier molecular flexibility index (Phi) is 6.55. The van der Waals surface area contributed by atoms with Crippen molar-refractivity contribution in [1.82, 2.24) is 15.1 Å². The molecule has 2 aromatic carbocycles. The molecule has 0 atom stereocenters. The van der Waals surface area contributed by atoms with E-state index < -0.39 is 0 Å². The van der Waals surface area contributed by atoms with Gasteiger partial charge in [-0.2, -0.15) is 0 Å².